The first-order valence-corrected chi connectivity index (χ1v) is 23.5. The molecule has 8 aliphatic carbocycles. The molecule has 0 N–H and O–H groups in total. The van der Waals surface area contributed by atoms with Gasteiger partial charge < -0.3 is 9.47 Å². The first-order chi connectivity index (χ1) is 30.2. The summed E-state index contributed by atoms with van der Waals surface area (Å²) in [5.74, 6) is 4.90. The van der Waals surface area contributed by atoms with Gasteiger partial charge >= 0.3 is 0 Å². The number of hydrogen-bond acceptors (Lipinski definition) is 1. The average molecular weight is 787 g/mol. The van der Waals surface area contributed by atoms with E-state index < -0.39 is 0 Å². The lowest BCUT2D eigenvalue weighted by Crippen LogP contribution is -2.55. The summed E-state index contributed by atoms with van der Waals surface area (Å²) < 4.78 is 2.45. The smallest absolute Gasteiger partial charge is 0.0542 e. The molecule has 16 rings (SSSR count). The largest absolute Gasteiger partial charge is 0.310 e. The van der Waals surface area contributed by atoms with Crippen molar-refractivity contribution in [1.82, 2.24) is 4.57 Å². The molecule has 6 fully saturated rings. The lowest BCUT2D eigenvalue weighted by molar-refractivity contribution is -0.0399. The maximum Gasteiger partial charge on any atom is 0.0542 e. The standard InChI is InChI=1S/C59H50N2/c1-2-10-42(11-3-1)61-56-17-9-6-14-49(56)51-33-44(22-25-57(51)61)60(43-21-24-53-50(32-43)47-13-4-7-15-52(47)58(53)35-36-18-19-39(58)27-36)45-20-23-48-46-12-5-8-16-54(46)59(55(48)34-45)40-28-37-26-38(30-40)31-41(59)29-37/h1-17,20-25,32-34,36-41H,18-19,26-31,35H2. The van der Waals surface area contributed by atoms with Gasteiger partial charge in [-0.2, -0.15) is 0 Å². The lowest BCUT2D eigenvalue weighted by Gasteiger charge is -2.61. The van der Waals surface area contributed by atoms with Crippen molar-refractivity contribution >= 4 is 38.9 Å². The van der Waals surface area contributed by atoms with Crippen LogP contribution in [0, 0.1) is 35.5 Å². The zero-order chi connectivity index (χ0) is 39.6. The predicted octanol–water partition coefficient (Wildman–Crippen LogP) is 15.1. The van der Waals surface area contributed by atoms with Gasteiger partial charge in [0.15, 0.2) is 0 Å². The van der Waals surface area contributed by atoms with Crippen LogP contribution in [-0.4, -0.2) is 4.57 Å². The van der Waals surface area contributed by atoms with E-state index in [9.17, 15) is 0 Å². The highest BCUT2D eigenvalue weighted by Crippen LogP contribution is 2.70. The van der Waals surface area contributed by atoms with Gasteiger partial charge in [0, 0.05) is 44.4 Å². The molecule has 3 atom stereocenters. The fraction of sp³-hybridized carbons (Fsp3) is 0.288. The van der Waals surface area contributed by atoms with Gasteiger partial charge in [-0.05, 0) is 192 Å². The number of para-hydroxylation sites is 2. The van der Waals surface area contributed by atoms with Crippen molar-refractivity contribution in [2.24, 2.45) is 35.5 Å². The highest BCUT2D eigenvalue weighted by molar-refractivity contribution is 6.11. The average Bonchev–Trinajstić information content (AvgIpc) is 4.12. The van der Waals surface area contributed by atoms with Crippen LogP contribution in [0.1, 0.15) is 80.0 Å². The number of hydrogen-bond donors (Lipinski definition) is 0. The van der Waals surface area contributed by atoms with Gasteiger partial charge in [-0.15, -0.1) is 0 Å². The Balaban J connectivity index is 0.970. The van der Waals surface area contributed by atoms with Crippen LogP contribution in [0.5, 0.6) is 0 Å². The zero-order valence-electron chi connectivity index (χ0n) is 34.7. The van der Waals surface area contributed by atoms with Crippen LogP contribution in [0.25, 0.3) is 49.7 Å². The number of anilines is 3. The summed E-state index contributed by atoms with van der Waals surface area (Å²) >= 11 is 0. The minimum atomic E-state index is 0.110. The molecule has 8 aromatic rings. The summed E-state index contributed by atoms with van der Waals surface area (Å²) in [6, 6.07) is 61.5. The molecule has 296 valence electrons. The van der Waals surface area contributed by atoms with Gasteiger partial charge in [-0.25, -0.2) is 0 Å². The fourth-order valence-corrected chi connectivity index (χ4v) is 16.2. The summed E-state index contributed by atoms with van der Waals surface area (Å²) in [6.45, 7) is 0. The third-order valence-electron chi connectivity index (χ3n) is 18.0. The Morgan fingerprint density at radius 1 is 0.410 bits per heavy atom. The van der Waals surface area contributed by atoms with Crippen LogP contribution in [0.15, 0.2) is 158 Å². The van der Waals surface area contributed by atoms with Crippen LogP contribution >= 0.6 is 0 Å². The Bertz CT molecular complexity index is 3120. The quantitative estimate of drug-likeness (QED) is 0.172. The Labute approximate surface area is 358 Å². The number of benzene rings is 7. The van der Waals surface area contributed by atoms with E-state index in [2.05, 4.69) is 167 Å². The number of aromatic nitrogens is 1. The Morgan fingerprint density at radius 2 is 1.02 bits per heavy atom. The monoisotopic (exact) mass is 786 g/mol. The molecule has 0 amide bonds. The van der Waals surface area contributed by atoms with Gasteiger partial charge in [-0.3, -0.25) is 0 Å². The third-order valence-corrected chi connectivity index (χ3v) is 18.0. The highest BCUT2D eigenvalue weighted by atomic mass is 15.1. The van der Waals surface area contributed by atoms with Gasteiger partial charge in [0.05, 0.1) is 11.0 Å². The maximum atomic E-state index is 2.69. The van der Waals surface area contributed by atoms with Gasteiger partial charge in [0.2, 0.25) is 0 Å². The number of rotatable bonds is 4. The maximum absolute atomic E-state index is 2.69. The van der Waals surface area contributed by atoms with Crippen LogP contribution in [0.3, 0.4) is 0 Å². The number of nitrogens with zero attached hydrogens (tertiary/aromatic N) is 2. The van der Waals surface area contributed by atoms with Crippen molar-refractivity contribution < 1.29 is 0 Å². The predicted molar refractivity (Wildman–Crippen MR) is 250 cm³/mol. The summed E-state index contributed by atoms with van der Waals surface area (Å²) in [6.07, 6.45) is 12.5. The summed E-state index contributed by atoms with van der Waals surface area (Å²) in [4.78, 5) is 2.63. The molecule has 0 radical (unpaired) electrons. The van der Waals surface area contributed by atoms with Crippen molar-refractivity contribution in [3.05, 3.63) is 180 Å². The fourth-order valence-electron chi connectivity index (χ4n) is 16.2. The van der Waals surface area contributed by atoms with Gasteiger partial charge in [0.25, 0.3) is 0 Å². The van der Waals surface area contributed by atoms with Crippen LogP contribution in [0.4, 0.5) is 17.1 Å². The zero-order valence-corrected chi connectivity index (χ0v) is 34.7. The second kappa shape index (κ2) is 11.9. The molecule has 2 heteroatoms. The molecule has 6 bridgehead atoms. The Kier molecular flexibility index (Phi) is 6.62. The van der Waals surface area contributed by atoms with Crippen molar-refractivity contribution in [1.29, 1.82) is 0 Å². The second-order valence-electron chi connectivity index (χ2n) is 20.5. The second-order valence-corrected chi connectivity index (χ2v) is 20.5. The molecule has 0 aliphatic heterocycles. The molecular weight excluding hydrogens is 737 g/mol. The third kappa shape index (κ3) is 4.25. The van der Waals surface area contributed by atoms with E-state index >= 15 is 0 Å². The van der Waals surface area contributed by atoms with E-state index in [1.54, 1.807) is 22.3 Å². The van der Waals surface area contributed by atoms with E-state index in [-0.39, 0.29) is 10.8 Å². The first-order valence-electron chi connectivity index (χ1n) is 23.5. The molecule has 1 aromatic heterocycles. The van der Waals surface area contributed by atoms with Crippen LogP contribution < -0.4 is 4.90 Å². The van der Waals surface area contributed by atoms with Gasteiger partial charge in [-0.1, -0.05) is 103 Å². The van der Waals surface area contributed by atoms with E-state index in [4.69, 9.17) is 0 Å². The molecule has 6 saturated carbocycles. The van der Waals surface area contributed by atoms with E-state index in [0.717, 1.165) is 35.5 Å². The molecule has 2 spiro atoms. The van der Waals surface area contributed by atoms with Crippen LogP contribution in [0.2, 0.25) is 0 Å². The molecule has 0 saturated heterocycles. The molecular formula is C59H50N2. The van der Waals surface area contributed by atoms with Crippen LogP contribution in [-0.2, 0) is 10.8 Å². The topological polar surface area (TPSA) is 8.17 Å². The Morgan fingerprint density at radius 3 is 1.80 bits per heavy atom. The molecule has 61 heavy (non-hydrogen) atoms. The van der Waals surface area contributed by atoms with Crippen molar-refractivity contribution in [3.8, 4) is 27.9 Å². The molecule has 2 nitrogen and oxygen atoms in total. The normalized spacial score (nSPS) is 29.2. The van der Waals surface area contributed by atoms with E-state index in [0.29, 0.717) is 0 Å². The van der Waals surface area contributed by atoms with Crippen molar-refractivity contribution in [3.63, 3.8) is 0 Å². The summed E-state index contributed by atoms with van der Waals surface area (Å²) in [5.41, 5.74) is 20.0. The number of fused-ring (bicyclic) bond motifs is 14. The highest BCUT2D eigenvalue weighted by Gasteiger charge is 2.62. The summed E-state index contributed by atoms with van der Waals surface area (Å²) in [7, 11) is 0. The minimum Gasteiger partial charge on any atom is -0.310 e. The van der Waals surface area contributed by atoms with Crippen molar-refractivity contribution in [2.45, 2.75) is 68.6 Å². The van der Waals surface area contributed by atoms with Crippen molar-refractivity contribution in [2.75, 3.05) is 4.90 Å². The molecule has 3 unspecified atom stereocenters. The van der Waals surface area contributed by atoms with E-state index in [1.807, 2.05) is 0 Å². The summed E-state index contributed by atoms with van der Waals surface area (Å²) in [5, 5.41) is 2.58. The Hall–Kier alpha value is -5.86. The SMILES string of the molecule is c1ccc(-n2c3ccccc3c3cc(N(c4ccc5c(c4)-c4ccccc4C54CC5CCC4C5)c4ccc5c(c4)C4(c6ccccc6-5)C5CC6CC(C5)CC4C6)ccc32)cc1. The first kappa shape index (κ1) is 33.8. The van der Waals surface area contributed by atoms with E-state index in [1.165, 1.54) is 125 Å². The minimum absolute atomic E-state index is 0.110. The molecule has 1 heterocycles. The lowest BCUT2D eigenvalue weighted by atomic mass is 9.43. The van der Waals surface area contributed by atoms with Gasteiger partial charge in [0.1, 0.15) is 0 Å². The molecule has 7 aromatic carbocycles. The molecule has 8 aliphatic rings.